The van der Waals surface area contributed by atoms with E-state index in [-0.39, 0.29) is 0 Å². The van der Waals surface area contributed by atoms with Crippen LogP contribution >= 0.6 is 0 Å². The fraction of sp³-hybridized carbons (Fsp3) is 0.300. The lowest BCUT2D eigenvalue weighted by Gasteiger charge is -2.09. The maximum absolute atomic E-state index is 4.07. The van der Waals surface area contributed by atoms with E-state index in [9.17, 15) is 0 Å². The molecule has 0 aliphatic heterocycles. The number of rotatable bonds is 2. The fourth-order valence-corrected chi connectivity index (χ4v) is 1.47. The van der Waals surface area contributed by atoms with Crippen LogP contribution in [0.3, 0.4) is 0 Å². The Morgan fingerprint density at radius 2 is 2.23 bits per heavy atom. The van der Waals surface area contributed by atoms with Gasteiger partial charge in [0.15, 0.2) is 0 Å². The highest BCUT2D eigenvalue weighted by Gasteiger charge is 2.01. The van der Waals surface area contributed by atoms with Crippen molar-refractivity contribution in [3.8, 4) is 0 Å². The third-order valence-corrected chi connectivity index (χ3v) is 2.02. The Bertz CT molecular complexity index is 403. The van der Waals surface area contributed by atoms with Crippen molar-refractivity contribution in [2.24, 2.45) is 0 Å². The average Bonchev–Trinajstić information content (AvgIpc) is 2.48. The maximum Gasteiger partial charge on any atom is 0.0637 e. The zero-order valence-electron chi connectivity index (χ0n) is 7.94. The zero-order valence-corrected chi connectivity index (χ0v) is 7.94. The Morgan fingerprint density at radius 3 is 3.00 bits per heavy atom. The molecule has 0 radical (unpaired) electrons. The van der Waals surface area contributed by atoms with Crippen molar-refractivity contribution in [1.82, 2.24) is 14.3 Å². The molecule has 0 unspecified atom stereocenters. The maximum atomic E-state index is 4.07. The van der Waals surface area contributed by atoms with Gasteiger partial charge in [0.25, 0.3) is 0 Å². The molecular weight excluding hydrogens is 162 g/mol. The van der Waals surface area contributed by atoms with Crippen LogP contribution in [-0.4, -0.2) is 28.4 Å². The molecule has 0 atom stereocenters. The molecule has 0 amide bonds. The van der Waals surface area contributed by atoms with Crippen molar-refractivity contribution >= 4 is 5.52 Å². The van der Waals surface area contributed by atoms with Gasteiger partial charge < -0.3 is 9.30 Å². The van der Waals surface area contributed by atoms with Gasteiger partial charge in [0.1, 0.15) is 0 Å². The minimum Gasteiger partial charge on any atom is -0.317 e. The van der Waals surface area contributed by atoms with Gasteiger partial charge >= 0.3 is 0 Å². The SMILES string of the molecule is CN(C)Cc1ccc2cnccn12. The fourth-order valence-electron chi connectivity index (χ4n) is 1.47. The van der Waals surface area contributed by atoms with E-state index in [0.29, 0.717) is 0 Å². The van der Waals surface area contributed by atoms with E-state index in [4.69, 9.17) is 0 Å². The number of hydrogen-bond donors (Lipinski definition) is 0. The summed E-state index contributed by atoms with van der Waals surface area (Å²) in [5, 5.41) is 0. The lowest BCUT2D eigenvalue weighted by Crippen LogP contribution is -2.12. The summed E-state index contributed by atoms with van der Waals surface area (Å²) >= 11 is 0. The number of fused-ring (bicyclic) bond motifs is 1. The molecule has 2 aromatic heterocycles. The first-order valence-corrected chi connectivity index (χ1v) is 4.32. The third-order valence-electron chi connectivity index (χ3n) is 2.02. The number of hydrogen-bond acceptors (Lipinski definition) is 2. The summed E-state index contributed by atoms with van der Waals surface area (Å²) in [7, 11) is 4.14. The Balaban J connectivity index is 2.46. The predicted octanol–water partition coefficient (Wildman–Crippen LogP) is 1.40. The first-order valence-electron chi connectivity index (χ1n) is 4.32. The standard InChI is InChI=1S/C10H13N3/c1-12(2)8-10-4-3-9-7-11-5-6-13(9)10/h3-7H,8H2,1-2H3. The van der Waals surface area contributed by atoms with E-state index in [0.717, 1.165) is 12.1 Å². The van der Waals surface area contributed by atoms with E-state index in [1.54, 1.807) is 0 Å². The molecule has 0 aliphatic rings. The van der Waals surface area contributed by atoms with Crippen LogP contribution in [0.2, 0.25) is 0 Å². The summed E-state index contributed by atoms with van der Waals surface area (Å²) in [6.07, 6.45) is 5.68. The van der Waals surface area contributed by atoms with Crippen LogP contribution in [0.15, 0.2) is 30.7 Å². The molecule has 0 aliphatic carbocycles. The second-order valence-corrected chi connectivity index (χ2v) is 3.43. The minimum atomic E-state index is 0.957. The van der Waals surface area contributed by atoms with E-state index in [1.165, 1.54) is 5.69 Å². The third kappa shape index (κ3) is 1.55. The molecule has 0 aromatic carbocycles. The largest absolute Gasteiger partial charge is 0.317 e. The molecule has 0 saturated carbocycles. The molecule has 0 saturated heterocycles. The molecule has 3 nitrogen and oxygen atoms in total. The average molecular weight is 175 g/mol. The first kappa shape index (κ1) is 8.26. The van der Waals surface area contributed by atoms with Crippen molar-refractivity contribution in [1.29, 1.82) is 0 Å². The quantitative estimate of drug-likeness (QED) is 0.687. The monoisotopic (exact) mass is 175 g/mol. The number of aromatic nitrogens is 2. The van der Waals surface area contributed by atoms with Gasteiger partial charge in [-0.05, 0) is 26.2 Å². The van der Waals surface area contributed by atoms with Crippen LogP contribution in [-0.2, 0) is 6.54 Å². The van der Waals surface area contributed by atoms with E-state index in [2.05, 4.69) is 40.5 Å². The van der Waals surface area contributed by atoms with E-state index >= 15 is 0 Å². The molecule has 13 heavy (non-hydrogen) atoms. The van der Waals surface area contributed by atoms with Gasteiger partial charge in [-0.15, -0.1) is 0 Å². The van der Waals surface area contributed by atoms with E-state index < -0.39 is 0 Å². The second-order valence-electron chi connectivity index (χ2n) is 3.43. The van der Waals surface area contributed by atoms with Crippen LogP contribution in [0.1, 0.15) is 5.69 Å². The lowest BCUT2D eigenvalue weighted by atomic mass is 10.4. The molecule has 2 heterocycles. The van der Waals surface area contributed by atoms with Crippen LogP contribution in [0, 0.1) is 0 Å². The summed E-state index contributed by atoms with van der Waals surface area (Å²) in [4.78, 5) is 6.23. The van der Waals surface area contributed by atoms with Gasteiger partial charge in [0, 0.05) is 24.6 Å². The van der Waals surface area contributed by atoms with Crippen molar-refractivity contribution < 1.29 is 0 Å². The van der Waals surface area contributed by atoms with Crippen LogP contribution in [0.5, 0.6) is 0 Å². The Labute approximate surface area is 77.6 Å². The van der Waals surface area contributed by atoms with Crippen LogP contribution in [0.4, 0.5) is 0 Å². The summed E-state index contributed by atoms with van der Waals surface area (Å²) in [6.45, 7) is 0.957. The lowest BCUT2D eigenvalue weighted by molar-refractivity contribution is 0.395. The van der Waals surface area contributed by atoms with Crippen LogP contribution < -0.4 is 0 Å². The van der Waals surface area contributed by atoms with E-state index in [1.807, 2.05) is 18.6 Å². The number of nitrogens with zero attached hydrogens (tertiary/aromatic N) is 3. The smallest absolute Gasteiger partial charge is 0.0637 e. The highest BCUT2D eigenvalue weighted by atomic mass is 15.1. The van der Waals surface area contributed by atoms with Crippen molar-refractivity contribution in [2.75, 3.05) is 14.1 Å². The molecule has 3 heteroatoms. The van der Waals surface area contributed by atoms with Gasteiger partial charge in [-0.25, -0.2) is 0 Å². The molecule has 0 fully saturated rings. The zero-order chi connectivity index (χ0) is 9.26. The summed E-state index contributed by atoms with van der Waals surface area (Å²) in [5.41, 5.74) is 2.45. The molecule has 68 valence electrons. The molecule has 0 spiro atoms. The van der Waals surface area contributed by atoms with Crippen LogP contribution in [0.25, 0.3) is 5.52 Å². The minimum absolute atomic E-state index is 0.957. The summed E-state index contributed by atoms with van der Waals surface area (Å²) in [5.74, 6) is 0. The Morgan fingerprint density at radius 1 is 1.38 bits per heavy atom. The van der Waals surface area contributed by atoms with Crippen molar-refractivity contribution in [3.05, 3.63) is 36.4 Å². The first-order chi connectivity index (χ1) is 6.27. The molecule has 2 rings (SSSR count). The molecular formula is C10H13N3. The van der Waals surface area contributed by atoms with Gasteiger partial charge in [0.05, 0.1) is 11.7 Å². The molecule has 0 bridgehead atoms. The second kappa shape index (κ2) is 3.18. The van der Waals surface area contributed by atoms with Gasteiger partial charge in [-0.2, -0.15) is 0 Å². The molecule has 0 N–H and O–H groups in total. The normalized spacial score (nSPS) is 11.3. The van der Waals surface area contributed by atoms with Crippen molar-refractivity contribution in [3.63, 3.8) is 0 Å². The Kier molecular flexibility index (Phi) is 2.02. The van der Waals surface area contributed by atoms with Gasteiger partial charge in [-0.3, -0.25) is 4.98 Å². The topological polar surface area (TPSA) is 20.5 Å². The summed E-state index contributed by atoms with van der Waals surface area (Å²) < 4.78 is 2.16. The highest BCUT2D eigenvalue weighted by molar-refractivity contribution is 5.47. The van der Waals surface area contributed by atoms with Gasteiger partial charge in [0.2, 0.25) is 0 Å². The predicted molar refractivity (Wildman–Crippen MR) is 52.6 cm³/mol. The summed E-state index contributed by atoms with van der Waals surface area (Å²) in [6, 6.07) is 4.23. The Hall–Kier alpha value is -1.35. The molecule has 2 aromatic rings. The highest BCUT2D eigenvalue weighted by Crippen LogP contribution is 2.09. The van der Waals surface area contributed by atoms with Crippen molar-refractivity contribution in [2.45, 2.75) is 6.54 Å². The van der Waals surface area contributed by atoms with Gasteiger partial charge in [-0.1, -0.05) is 0 Å².